The first-order valence-electron chi connectivity index (χ1n) is 17.4. The van der Waals surface area contributed by atoms with Gasteiger partial charge < -0.3 is 9.13 Å². The smallest absolute Gasteiger partial charge is 0.0634 e. The molecule has 51 heavy (non-hydrogen) atoms. The first-order chi connectivity index (χ1) is 25.3. The van der Waals surface area contributed by atoms with Crippen LogP contribution in [0.4, 0.5) is 0 Å². The maximum Gasteiger partial charge on any atom is 0.0634 e. The molecule has 11 rings (SSSR count). The fourth-order valence-electron chi connectivity index (χ4n) is 8.35. The van der Waals surface area contributed by atoms with Crippen molar-refractivity contribution < 1.29 is 0 Å². The van der Waals surface area contributed by atoms with E-state index in [0.29, 0.717) is 0 Å². The van der Waals surface area contributed by atoms with Crippen LogP contribution in [0.2, 0.25) is 0 Å². The van der Waals surface area contributed by atoms with E-state index in [4.69, 9.17) is 0 Å². The van der Waals surface area contributed by atoms with Crippen LogP contribution >= 0.6 is 11.3 Å². The lowest BCUT2D eigenvalue weighted by molar-refractivity contribution is 1.18. The largest absolute Gasteiger partial charge is 0.309 e. The van der Waals surface area contributed by atoms with Gasteiger partial charge in [-0.15, -0.1) is 11.3 Å². The molecule has 0 bridgehead atoms. The molecule has 2 nitrogen and oxygen atoms in total. The Bertz CT molecular complexity index is 3070. The second-order valence-corrected chi connectivity index (χ2v) is 14.4. The first kappa shape index (κ1) is 28.4. The van der Waals surface area contributed by atoms with Crippen LogP contribution in [0.5, 0.6) is 0 Å². The van der Waals surface area contributed by atoms with Crippen LogP contribution in [0, 0.1) is 0 Å². The van der Waals surface area contributed by atoms with E-state index in [1.54, 1.807) is 0 Å². The number of nitrogens with zero attached hydrogens (tertiary/aromatic N) is 2. The molecule has 0 aliphatic rings. The molecule has 0 aliphatic carbocycles. The highest BCUT2D eigenvalue weighted by Gasteiger charge is 2.21. The molecule has 0 amide bonds. The molecule has 3 heterocycles. The molecular weight excluding hydrogens is 637 g/mol. The molecule has 11 aromatic rings. The fourth-order valence-corrected chi connectivity index (χ4v) is 9.46. The van der Waals surface area contributed by atoms with Gasteiger partial charge in [-0.2, -0.15) is 0 Å². The van der Waals surface area contributed by atoms with Crippen molar-refractivity contribution in [2.75, 3.05) is 0 Å². The third-order valence-electron chi connectivity index (χ3n) is 10.5. The number of benzene rings is 8. The Morgan fingerprint density at radius 2 is 0.863 bits per heavy atom. The summed E-state index contributed by atoms with van der Waals surface area (Å²) in [6, 6.07) is 66.6. The van der Waals surface area contributed by atoms with E-state index in [2.05, 4.69) is 191 Å². The Hall–Kier alpha value is -6.42. The maximum absolute atomic E-state index is 2.48. The van der Waals surface area contributed by atoms with Gasteiger partial charge in [-0.05, 0) is 53.6 Å². The summed E-state index contributed by atoms with van der Waals surface area (Å²) in [5.41, 5.74) is 12.0. The van der Waals surface area contributed by atoms with Gasteiger partial charge in [0.25, 0.3) is 0 Å². The van der Waals surface area contributed by atoms with Gasteiger partial charge in [-0.25, -0.2) is 0 Å². The van der Waals surface area contributed by atoms with Crippen molar-refractivity contribution in [2.24, 2.45) is 0 Å². The van der Waals surface area contributed by atoms with Crippen LogP contribution in [0.25, 0.3) is 97.4 Å². The van der Waals surface area contributed by atoms with Gasteiger partial charge in [-0.3, -0.25) is 0 Å². The van der Waals surface area contributed by atoms with Crippen LogP contribution in [0.15, 0.2) is 182 Å². The average molecular weight is 667 g/mol. The Balaban J connectivity index is 1.18. The highest BCUT2D eigenvalue weighted by atomic mass is 32.1. The molecule has 0 saturated heterocycles. The van der Waals surface area contributed by atoms with Crippen molar-refractivity contribution >= 4 is 75.1 Å². The lowest BCUT2D eigenvalue weighted by Crippen LogP contribution is -2.01. The lowest BCUT2D eigenvalue weighted by atomic mass is 9.95. The maximum atomic E-state index is 2.48. The zero-order valence-electron chi connectivity index (χ0n) is 27.6. The van der Waals surface area contributed by atoms with Gasteiger partial charge in [0.2, 0.25) is 0 Å². The Kier molecular flexibility index (Phi) is 6.16. The average Bonchev–Trinajstić information content (AvgIpc) is 3.86. The van der Waals surface area contributed by atoms with E-state index in [0.717, 1.165) is 5.69 Å². The molecule has 3 aromatic heterocycles. The molecule has 0 atom stereocenters. The van der Waals surface area contributed by atoms with E-state index in [-0.39, 0.29) is 0 Å². The summed E-state index contributed by atoms with van der Waals surface area (Å²) < 4.78 is 7.59. The Morgan fingerprint density at radius 3 is 1.53 bits per heavy atom. The number of para-hydroxylation sites is 4. The summed E-state index contributed by atoms with van der Waals surface area (Å²) in [6.45, 7) is 0. The van der Waals surface area contributed by atoms with Crippen molar-refractivity contribution in [3.8, 4) is 33.6 Å². The molecule has 0 aliphatic heterocycles. The van der Waals surface area contributed by atoms with Gasteiger partial charge in [0.1, 0.15) is 0 Å². The topological polar surface area (TPSA) is 9.86 Å². The van der Waals surface area contributed by atoms with Gasteiger partial charge in [0, 0.05) is 58.5 Å². The Morgan fingerprint density at radius 1 is 0.333 bits per heavy atom. The van der Waals surface area contributed by atoms with E-state index in [9.17, 15) is 0 Å². The standard InChI is InChI=1S/C48H30N2S/c1-2-13-31(14-3-1)34-19-12-20-35(47(34)50-42-22-9-4-15-36(42)37-16-5-10-23-43(37)50)32-25-27-33(28-26-32)49-41-21-8-6-17-38(41)39-29-30-45-46(48(39)49)40-18-7-11-24-44(40)51-45/h1-30H. The summed E-state index contributed by atoms with van der Waals surface area (Å²) in [5, 5.41) is 7.73. The first-order valence-corrected chi connectivity index (χ1v) is 18.3. The number of hydrogen-bond donors (Lipinski definition) is 0. The van der Waals surface area contributed by atoms with Crippen molar-refractivity contribution in [2.45, 2.75) is 0 Å². The molecule has 238 valence electrons. The molecule has 0 spiro atoms. The molecular formula is C48H30N2S. The van der Waals surface area contributed by atoms with E-state index < -0.39 is 0 Å². The van der Waals surface area contributed by atoms with Crippen LogP contribution in [0.1, 0.15) is 0 Å². The third kappa shape index (κ3) is 4.16. The summed E-state index contributed by atoms with van der Waals surface area (Å²) in [6.07, 6.45) is 0. The summed E-state index contributed by atoms with van der Waals surface area (Å²) >= 11 is 1.88. The zero-order chi connectivity index (χ0) is 33.5. The second-order valence-electron chi connectivity index (χ2n) is 13.3. The molecule has 3 heteroatoms. The number of rotatable bonds is 4. The molecule has 0 unspecified atom stereocenters. The van der Waals surface area contributed by atoms with Crippen LogP contribution in [-0.2, 0) is 0 Å². The van der Waals surface area contributed by atoms with Crippen LogP contribution in [-0.4, -0.2) is 9.13 Å². The van der Waals surface area contributed by atoms with Crippen molar-refractivity contribution in [1.29, 1.82) is 0 Å². The molecule has 0 N–H and O–H groups in total. The zero-order valence-corrected chi connectivity index (χ0v) is 28.4. The minimum absolute atomic E-state index is 1.16. The predicted molar refractivity (Wildman–Crippen MR) is 219 cm³/mol. The summed E-state index contributed by atoms with van der Waals surface area (Å²) in [4.78, 5) is 0. The van der Waals surface area contributed by atoms with Crippen molar-refractivity contribution in [3.63, 3.8) is 0 Å². The predicted octanol–water partition coefficient (Wildman–Crippen LogP) is 13.6. The lowest BCUT2D eigenvalue weighted by Gasteiger charge is -2.19. The van der Waals surface area contributed by atoms with Crippen molar-refractivity contribution in [3.05, 3.63) is 182 Å². The van der Waals surface area contributed by atoms with Crippen LogP contribution in [0.3, 0.4) is 0 Å². The summed E-state index contributed by atoms with van der Waals surface area (Å²) in [7, 11) is 0. The third-order valence-corrected chi connectivity index (χ3v) is 11.7. The van der Waals surface area contributed by atoms with E-state index in [1.807, 2.05) is 11.3 Å². The number of fused-ring (bicyclic) bond motifs is 10. The molecule has 0 saturated carbocycles. The van der Waals surface area contributed by atoms with Gasteiger partial charge in [0.15, 0.2) is 0 Å². The second kappa shape index (κ2) is 11.0. The number of thiophene rings is 1. The van der Waals surface area contributed by atoms with E-state index >= 15 is 0 Å². The normalized spacial score (nSPS) is 11.9. The van der Waals surface area contributed by atoms with Crippen LogP contribution < -0.4 is 0 Å². The highest BCUT2D eigenvalue weighted by Crippen LogP contribution is 2.44. The molecule has 0 radical (unpaired) electrons. The monoisotopic (exact) mass is 666 g/mol. The van der Waals surface area contributed by atoms with E-state index in [1.165, 1.54) is 91.7 Å². The minimum atomic E-state index is 1.16. The highest BCUT2D eigenvalue weighted by molar-refractivity contribution is 7.26. The number of aromatic nitrogens is 2. The van der Waals surface area contributed by atoms with Gasteiger partial charge in [0.05, 0.1) is 27.8 Å². The molecule has 0 fully saturated rings. The fraction of sp³-hybridized carbons (Fsp3) is 0. The molecule has 8 aromatic carbocycles. The Labute approximate surface area is 298 Å². The SMILES string of the molecule is c1ccc(-c2cccc(-c3ccc(-n4c5ccccc5c5ccc6sc7ccccc7c6c54)cc3)c2-n2c3ccccc3c3ccccc32)cc1. The minimum Gasteiger partial charge on any atom is -0.309 e. The van der Waals surface area contributed by atoms with Gasteiger partial charge >= 0.3 is 0 Å². The number of hydrogen-bond acceptors (Lipinski definition) is 1. The summed E-state index contributed by atoms with van der Waals surface area (Å²) in [5.74, 6) is 0. The quantitative estimate of drug-likeness (QED) is 0.177. The van der Waals surface area contributed by atoms with Gasteiger partial charge in [-0.1, -0.05) is 140 Å². The van der Waals surface area contributed by atoms with Crippen molar-refractivity contribution in [1.82, 2.24) is 9.13 Å².